The summed E-state index contributed by atoms with van der Waals surface area (Å²) in [6, 6.07) is 4.78. The lowest BCUT2D eigenvalue weighted by Crippen LogP contribution is -2.12. The molecule has 0 saturated carbocycles. The summed E-state index contributed by atoms with van der Waals surface area (Å²) in [5, 5.41) is 9.01. The number of carbonyl (C=O) groups excluding carboxylic acids is 1. The van der Waals surface area contributed by atoms with Crippen molar-refractivity contribution < 1.29 is 22.7 Å². The zero-order valence-corrected chi connectivity index (χ0v) is 11.7. The van der Waals surface area contributed by atoms with Gasteiger partial charge in [0, 0.05) is 17.4 Å². The van der Waals surface area contributed by atoms with Crippen LogP contribution in [0, 0.1) is 5.82 Å². The van der Waals surface area contributed by atoms with Crippen molar-refractivity contribution in [1.82, 2.24) is 10.2 Å². The normalized spacial score (nSPS) is 10.8. The van der Waals surface area contributed by atoms with Gasteiger partial charge in [0.15, 0.2) is 17.3 Å². The summed E-state index contributed by atoms with van der Waals surface area (Å²) in [4.78, 5) is 11.9. The summed E-state index contributed by atoms with van der Waals surface area (Å²) < 4.78 is 41.6. The molecule has 0 aliphatic heterocycles. The Labute approximate surface area is 124 Å². The maximum Gasteiger partial charge on any atom is 0.387 e. The smallest absolute Gasteiger partial charge is 0.387 e. The Balaban J connectivity index is 2.06. The first-order chi connectivity index (χ1) is 10.5. The highest BCUT2D eigenvalue weighted by Gasteiger charge is 2.14. The van der Waals surface area contributed by atoms with E-state index in [2.05, 4.69) is 20.3 Å². The van der Waals surface area contributed by atoms with E-state index in [1.807, 2.05) is 6.92 Å². The van der Waals surface area contributed by atoms with Crippen molar-refractivity contribution in [3.8, 4) is 5.75 Å². The molecule has 0 unspecified atom stereocenters. The summed E-state index contributed by atoms with van der Waals surface area (Å²) >= 11 is 0. The molecule has 0 aliphatic carbocycles. The van der Waals surface area contributed by atoms with Gasteiger partial charge in [-0.3, -0.25) is 9.89 Å². The molecular weight excluding hydrogens is 299 g/mol. The van der Waals surface area contributed by atoms with Crippen LogP contribution in [0.1, 0.15) is 29.5 Å². The number of nitrogens with one attached hydrogen (secondary N) is 2. The Morgan fingerprint density at radius 2 is 2.18 bits per heavy atom. The van der Waals surface area contributed by atoms with Crippen LogP contribution in [0.25, 0.3) is 0 Å². The Hall–Kier alpha value is -2.51. The lowest BCUT2D eigenvalue weighted by Gasteiger charge is -2.08. The fourth-order valence-corrected chi connectivity index (χ4v) is 1.84. The number of anilines is 1. The molecule has 0 fully saturated rings. The van der Waals surface area contributed by atoms with Gasteiger partial charge in [-0.05, 0) is 24.6 Å². The molecule has 0 saturated heterocycles. The first kappa shape index (κ1) is 15.9. The van der Waals surface area contributed by atoms with Crippen LogP contribution in [-0.4, -0.2) is 22.7 Å². The van der Waals surface area contributed by atoms with Crippen molar-refractivity contribution in [1.29, 1.82) is 0 Å². The summed E-state index contributed by atoms with van der Waals surface area (Å²) in [5.74, 6) is -2.11. The predicted octanol–water partition coefficient (Wildman–Crippen LogP) is 3.36. The lowest BCUT2D eigenvalue weighted by atomic mass is 10.2. The molecule has 1 aromatic carbocycles. The van der Waals surface area contributed by atoms with Crippen molar-refractivity contribution in [2.75, 3.05) is 5.32 Å². The third-order valence-electron chi connectivity index (χ3n) is 2.79. The first-order valence-electron chi connectivity index (χ1n) is 6.59. The molecule has 0 radical (unpaired) electrons. The third-order valence-corrected chi connectivity index (χ3v) is 2.79. The van der Waals surface area contributed by atoms with E-state index in [0.29, 0.717) is 0 Å². The van der Waals surface area contributed by atoms with E-state index in [9.17, 15) is 18.0 Å². The molecule has 1 amide bonds. The van der Waals surface area contributed by atoms with Gasteiger partial charge in [-0.15, -0.1) is 0 Å². The van der Waals surface area contributed by atoms with Crippen molar-refractivity contribution in [3.05, 3.63) is 41.5 Å². The van der Waals surface area contributed by atoms with Crippen LogP contribution >= 0.6 is 0 Å². The second kappa shape index (κ2) is 6.97. The number of nitrogens with zero attached hydrogens (tertiary/aromatic N) is 1. The number of hydrogen-bond donors (Lipinski definition) is 2. The minimum absolute atomic E-state index is 0.115. The number of rotatable bonds is 6. The van der Waals surface area contributed by atoms with Gasteiger partial charge in [0.05, 0.1) is 0 Å². The van der Waals surface area contributed by atoms with Crippen LogP contribution in [0.5, 0.6) is 5.75 Å². The Kier molecular flexibility index (Phi) is 5.03. The molecule has 5 nitrogen and oxygen atoms in total. The number of hydrogen-bond acceptors (Lipinski definition) is 3. The summed E-state index contributed by atoms with van der Waals surface area (Å²) in [5.41, 5.74) is 1.10. The number of aromatic amines is 1. The van der Waals surface area contributed by atoms with Gasteiger partial charge in [-0.2, -0.15) is 13.9 Å². The molecule has 2 aromatic rings. The van der Waals surface area contributed by atoms with E-state index in [1.54, 1.807) is 6.07 Å². The standard InChI is InChI=1S/C14H14F3N3O2/c1-2-3-9-7-11(20-19-9)13(21)18-8-4-5-12(10(15)6-8)22-14(16)17/h4-7,14H,2-3H2,1H3,(H,18,21)(H,19,20). The molecule has 1 heterocycles. The van der Waals surface area contributed by atoms with E-state index in [4.69, 9.17) is 0 Å². The average molecular weight is 313 g/mol. The van der Waals surface area contributed by atoms with Crippen LogP contribution in [0.2, 0.25) is 0 Å². The molecule has 2 N–H and O–H groups in total. The zero-order valence-electron chi connectivity index (χ0n) is 11.7. The van der Waals surface area contributed by atoms with E-state index in [0.717, 1.165) is 30.7 Å². The molecule has 0 spiro atoms. The Bertz CT molecular complexity index is 659. The zero-order chi connectivity index (χ0) is 16.1. The lowest BCUT2D eigenvalue weighted by molar-refractivity contribution is -0.0521. The van der Waals surface area contributed by atoms with Crippen molar-refractivity contribution in [2.24, 2.45) is 0 Å². The minimum Gasteiger partial charge on any atom is -0.432 e. The topological polar surface area (TPSA) is 67.0 Å². The van der Waals surface area contributed by atoms with Gasteiger partial charge in [-0.1, -0.05) is 13.3 Å². The molecule has 22 heavy (non-hydrogen) atoms. The number of aryl methyl sites for hydroxylation is 1. The summed E-state index contributed by atoms with van der Waals surface area (Å²) in [6.07, 6.45) is 1.66. The van der Waals surface area contributed by atoms with Crippen LogP contribution in [0.4, 0.5) is 18.9 Å². The second-order valence-electron chi connectivity index (χ2n) is 4.51. The summed E-state index contributed by atoms with van der Waals surface area (Å²) in [7, 11) is 0. The number of aromatic nitrogens is 2. The van der Waals surface area contributed by atoms with E-state index < -0.39 is 24.1 Å². The number of benzene rings is 1. The molecule has 8 heteroatoms. The quantitative estimate of drug-likeness (QED) is 0.859. The largest absolute Gasteiger partial charge is 0.432 e. The Morgan fingerprint density at radius 3 is 2.82 bits per heavy atom. The molecule has 0 bridgehead atoms. The average Bonchev–Trinajstić information content (AvgIpc) is 2.91. The number of halogens is 3. The van der Waals surface area contributed by atoms with E-state index in [-0.39, 0.29) is 11.4 Å². The molecule has 2 rings (SSSR count). The number of amides is 1. The fraction of sp³-hybridized carbons (Fsp3) is 0.286. The van der Waals surface area contributed by atoms with E-state index >= 15 is 0 Å². The highest BCUT2D eigenvalue weighted by atomic mass is 19.3. The highest BCUT2D eigenvalue weighted by Crippen LogP contribution is 2.23. The number of alkyl halides is 2. The number of ether oxygens (including phenoxy) is 1. The molecule has 0 aliphatic rings. The second-order valence-corrected chi connectivity index (χ2v) is 4.51. The monoisotopic (exact) mass is 313 g/mol. The fourth-order valence-electron chi connectivity index (χ4n) is 1.84. The third kappa shape index (κ3) is 4.00. The van der Waals surface area contributed by atoms with Crippen LogP contribution < -0.4 is 10.1 Å². The van der Waals surface area contributed by atoms with Gasteiger partial charge in [0.2, 0.25) is 0 Å². The summed E-state index contributed by atoms with van der Waals surface area (Å²) in [6.45, 7) is -1.12. The molecule has 118 valence electrons. The van der Waals surface area contributed by atoms with Crippen molar-refractivity contribution in [3.63, 3.8) is 0 Å². The van der Waals surface area contributed by atoms with E-state index in [1.165, 1.54) is 6.07 Å². The van der Waals surface area contributed by atoms with Crippen molar-refractivity contribution in [2.45, 2.75) is 26.4 Å². The predicted molar refractivity (Wildman–Crippen MR) is 73.6 cm³/mol. The maximum atomic E-state index is 13.5. The van der Waals surface area contributed by atoms with Crippen LogP contribution in [0.15, 0.2) is 24.3 Å². The SMILES string of the molecule is CCCc1cc(C(=O)Nc2ccc(OC(F)F)c(F)c2)n[nH]1. The van der Waals surface area contributed by atoms with Gasteiger partial charge in [0.25, 0.3) is 5.91 Å². The van der Waals surface area contributed by atoms with Crippen LogP contribution in [0.3, 0.4) is 0 Å². The minimum atomic E-state index is -3.11. The van der Waals surface area contributed by atoms with Gasteiger partial charge < -0.3 is 10.1 Å². The molecule has 0 atom stereocenters. The molecular formula is C14H14F3N3O2. The number of carbonyl (C=O) groups is 1. The molecule has 1 aromatic heterocycles. The van der Waals surface area contributed by atoms with Gasteiger partial charge in [-0.25, -0.2) is 4.39 Å². The maximum absolute atomic E-state index is 13.5. The van der Waals surface area contributed by atoms with Gasteiger partial charge >= 0.3 is 6.61 Å². The first-order valence-corrected chi connectivity index (χ1v) is 6.59. The highest BCUT2D eigenvalue weighted by molar-refractivity contribution is 6.02. The number of H-pyrrole nitrogens is 1. The van der Waals surface area contributed by atoms with Gasteiger partial charge in [0.1, 0.15) is 0 Å². The Morgan fingerprint density at radius 1 is 1.41 bits per heavy atom. The van der Waals surface area contributed by atoms with Crippen LogP contribution in [-0.2, 0) is 6.42 Å². The van der Waals surface area contributed by atoms with Crippen molar-refractivity contribution >= 4 is 11.6 Å².